The summed E-state index contributed by atoms with van der Waals surface area (Å²) in [6.45, 7) is 1.16. The minimum absolute atomic E-state index is 0.0795. The van der Waals surface area contributed by atoms with E-state index in [1.165, 1.54) is 5.01 Å². The first-order chi connectivity index (χ1) is 15.4. The lowest BCUT2D eigenvalue weighted by atomic mass is 10.1. The zero-order valence-electron chi connectivity index (χ0n) is 17.6. The molecule has 4 aromatic rings. The second-order valence-electron chi connectivity index (χ2n) is 7.82. The molecule has 3 aromatic heterocycles. The van der Waals surface area contributed by atoms with Crippen LogP contribution in [0.1, 0.15) is 10.4 Å². The number of hydrogen-bond donors (Lipinski definition) is 2. The number of ether oxygens (including phenoxy) is 1. The first-order valence-corrected chi connectivity index (χ1v) is 10.4. The maximum atomic E-state index is 12.6. The number of rotatable bonds is 5. The van der Waals surface area contributed by atoms with Crippen molar-refractivity contribution in [3.05, 3.63) is 59.5 Å². The first kappa shape index (κ1) is 20.5. The predicted molar refractivity (Wildman–Crippen MR) is 123 cm³/mol. The molecule has 1 aliphatic rings. The monoisotopic (exact) mass is 451 g/mol. The van der Waals surface area contributed by atoms with Crippen molar-refractivity contribution in [3.63, 3.8) is 0 Å². The maximum Gasteiger partial charge on any atom is 0.254 e. The maximum absolute atomic E-state index is 12.6. The lowest BCUT2D eigenvalue weighted by Gasteiger charge is -2.38. The highest BCUT2D eigenvalue weighted by atomic mass is 35.5. The summed E-state index contributed by atoms with van der Waals surface area (Å²) in [5, 5.41) is 6.94. The number of aromatic nitrogens is 4. The smallest absolute Gasteiger partial charge is 0.254 e. The Balaban J connectivity index is 1.38. The number of nitrogens with zero attached hydrogens (tertiary/aromatic N) is 5. The molecule has 0 aliphatic carbocycles. The predicted octanol–water partition coefficient (Wildman–Crippen LogP) is 3.10. The molecule has 0 bridgehead atoms. The fraction of sp³-hybridized carbons (Fsp3) is 0.227. The molecule has 0 unspecified atom stereocenters. The number of halogens is 1. The summed E-state index contributed by atoms with van der Waals surface area (Å²) in [5.41, 5.74) is 3.87. The van der Waals surface area contributed by atoms with Crippen LogP contribution in [0.15, 0.2) is 48.9 Å². The molecule has 3 N–H and O–H groups in total. The summed E-state index contributed by atoms with van der Waals surface area (Å²) in [6.07, 6.45) is 5.59. The number of anilines is 2. The largest absolute Gasteiger partial charge is 0.378 e. The summed E-state index contributed by atoms with van der Waals surface area (Å²) in [7, 11) is 3.52. The number of hydrazine groups is 1. The van der Waals surface area contributed by atoms with E-state index in [4.69, 9.17) is 22.2 Å². The van der Waals surface area contributed by atoms with E-state index in [0.29, 0.717) is 35.2 Å². The van der Waals surface area contributed by atoms with Gasteiger partial charge in [0.2, 0.25) is 0 Å². The molecule has 4 heterocycles. The Morgan fingerprint density at radius 1 is 1.28 bits per heavy atom. The van der Waals surface area contributed by atoms with Gasteiger partial charge in [-0.3, -0.25) is 14.5 Å². The standard InChI is InChI=1S/C22H22ClN7O2/c1-28-10-15(9-26-28)18-6-14-8-25-21(7-19(14)27-18)30(24)20-4-3-13(5-17(20)23)22(31)29-11-16(12-29)32-2/h3-10,16,27H,11-12,24H2,1-2H3. The summed E-state index contributed by atoms with van der Waals surface area (Å²) < 4.78 is 6.98. The molecule has 0 spiro atoms. The van der Waals surface area contributed by atoms with Crippen molar-refractivity contribution in [1.29, 1.82) is 0 Å². The number of hydrogen-bond acceptors (Lipinski definition) is 6. The molecule has 9 nitrogen and oxygen atoms in total. The van der Waals surface area contributed by atoms with Gasteiger partial charge in [-0.15, -0.1) is 0 Å². The van der Waals surface area contributed by atoms with Crippen molar-refractivity contribution in [2.75, 3.05) is 25.2 Å². The number of likely N-dealkylation sites (tertiary alicyclic amines) is 1. The van der Waals surface area contributed by atoms with Crippen LogP contribution in [0.3, 0.4) is 0 Å². The Morgan fingerprint density at radius 2 is 2.09 bits per heavy atom. The lowest BCUT2D eigenvalue weighted by molar-refractivity contribution is -0.0191. The molecule has 1 aliphatic heterocycles. The van der Waals surface area contributed by atoms with Gasteiger partial charge in [0, 0.05) is 67.9 Å². The number of methoxy groups -OCH3 is 1. The van der Waals surface area contributed by atoms with Crippen LogP contribution in [0.5, 0.6) is 0 Å². The van der Waals surface area contributed by atoms with Crippen LogP contribution < -0.4 is 10.9 Å². The Bertz CT molecular complexity index is 1310. The van der Waals surface area contributed by atoms with E-state index in [2.05, 4.69) is 15.1 Å². The topological polar surface area (TPSA) is 105 Å². The molecule has 10 heteroatoms. The quantitative estimate of drug-likeness (QED) is 0.357. The van der Waals surface area contributed by atoms with E-state index in [1.54, 1.807) is 47.3 Å². The highest BCUT2D eigenvalue weighted by Gasteiger charge is 2.31. The molecule has 1 aromatic carbocycles. The van der Waals surface area contributed by atoms with Crippen molar-refractivity contribution in [2.45, 2.75) is 6.10 Å². The SMILES string of the molecule is COC1CN(C(=O)c2ccc(N(N)c3cc4[nH]c(-c5cnn(C)c5)cc4cn3)c(Cl)c2)C1. The van der Waals surface area contributed by atoms with Gasteiger partial charge in [0.1, 0.15) is 5.82 Å². The normalized spacial score (nSPS) is 14.1. The summed E-state index contributed by atoms with van der Waals surface area (Å²) >= 11 is 6.48. The highest BCUT2D eigenvalue weighted by Crippen LogP contribution is 2.32. The number of amides is 1. The van der Waals surface area contributed by atoms with E-state index in [0.717, 1.165) is 22.2 Å². The number of carbonyl (C=O) groups excluding carboxylic acids is 1. The minimum atomic E-state index is -0.0795. The third-order valence-electron chi connectivity index (χ3n) is 5.67. The molecule has 1 saturated heterocycles. The van der Waals surface area contributed by atoms with Crippen LogP contribution in [0.25, 0.3) is 22.2 Å². The molecule has 0 atom stereocenters. The molecule has 1 fully saturated rings. The van der Waals surface area contributed by atoms with E-state index in [1.807, 2.05) is 25.4 Å². The number of benzene rings is 1. The Hall–Kier alpha value is -3.40. The molecule has 1 amide bonds. The summed E-state index contributed by atoms with van der Waals surface area (Å²) in [6, 6.07) is 8.95. The van der Waals surface area contributed by atoms with Crippen molar-refractivity contribution in [2.24, 2.45) is 12.9 Å². The van der Waals surface area contributed by atoms with Gasteiger partial charge in [-0.05, 0) is 24.3 Å². The van der Waals surface area contributed by atoms with Crippen LogP contribution in [-0.2, 0) is 11.8 Å². The molecule has 32 heavy (non-hydrogen) atoms. The van der Waals surface area contributed by atoms with Gasteiger partial charge >= 0.3 is 0 Å². The van der Waals surface area contributed by atoms with Crippen LogP contribution >= 0.6 is 11.6 Å². The number of carbonyl (C=O) groups is 1. The molecule has 5 rings (SSSR count). The molecule has 164 valence electrons. The van der Waals surface area contributed by atoms with E-state index < -0.39 is 0 Å². The molecule has 0 saturated carbocycles. The van der Waals surface area contributed by atoms with Crippen molar-refractivity contribution >= 4 is 39.9 Å². The number of aryl methyl sites for hydroxylation is 1. The van der Waals surface area contributed by atoms with Gasteiger partial charge in [-0.2, -0.15) is 5.10 Å². The number of nitrogens with two attached hydrogens (primary N) is 1. The van der Waals surface area contributed by atoms with Gasteiger partial charge in [0.05, 0.1) is 28.5 Å². The first-order valence-electron chi connectivity index (χ1n) is 10.1. The van der Waals surface area contributed by atoms with Crippen LogP contribution in [-0.4, -0.2) is 56.9 Å². The van der Waals surface area contributed by atoms with E-state index >= 15 is 0 Å². The molecular formula is C22H22ClN7O2. The van der Waals surface area contributed by atoms with Crippen LogP contribution in [0, 0.1) is 0 Å². The summed E-state index contributed by atoms with van der Waals surface area (Å²) in [4.78, 5) is 22.2. The fourth-order valence-corrected chi connectivity index (χ4v) is 4.03. The number of pyridine rings is 1. The van der Waals surface area contributed by atoms with Crippen molar-refractivity contribution < 1.29 is 9.53 Å². The highest BCUT2D eigenvalue weighted by molar-refractivity contribution is 6.33. The Labute approximate surface area is 189 Å². The average molecular weight is 452 g/mol. The number of fused-ring (bicyclic) bond motifs is 1. The Morgan fingerprint density at radius 3 is 2.78 bits per heavy atom. The van der Waals surface area contributed by atoms with E-state index in [9.17, 15) is 4.79 Å². The zero-order chi connectivity index (χ0) is 22.4. The average Bonchev–Trinajstić information content (AvgIpc) is 3.37. The second-order valence-corrected chi connectivity index (χ2v) is 8.23. The van der Waals surface area contributed by atoms with Gasteiger partial charge in [-0.1, -0.05) is 11.6 Å². The minimum Gasteiger partial charge on any atom is -0.378 e. The number of H-pyrrole nitrogens is 1. The zero-order valence-corrected chi connectivity index (χ0v) is 18.4. The van der Waals surface area contributed by atoms with Crippen molar-refractivity contribution in [1.82, 2.24) is 24.6 Å². The summed E-state index contributed by atoms with van der Waals surface area (Å²) in [5.74, 6) is 6.77. The third kappa shape index (κ3) is 3.60. The number of nitrogens with one attached hydrogen (secondary N) is 1. The third-order valence-corrected chi connectivity index (χ3v) is 5.98. The van der Waals surface area contributed by atoms with Gasteiger partial charge in [-0.25, -0.2) is 10.8 Å². The molecular weight excluding hydrogens is 430 g/mol. The van der Waals surface area contributed by atoms with E-state index in [-0.39, 0.29) is 12.0 Å². The lowest BCUT2D eigenvalue weighted by Crippen LogP contribution is -2.54. The molecule has 0 radical (unpaired) electrons. The van der Waals surface area contributed by atoms with Gasteiger partial charge in [0.15, 0.2) is 0 Å². The van der Waals surface area contributed by atoms with Gasteiger partial charge < -0.3 is 14.6 Å². The van der Waals surface area contributed by atoms with Gasteiger partial charge in [0.25, 0.3) is 5.91 Å². The van der Waals surface area contributed by atoms with Crippen molar-refractivity contribution in [3.8, 4) is 11.3 Å². The van der Waals surface area contributed by atoms with Crippen LogP contribution in [0.2, 0.25) is 5.02 Å². The number of aromatic amines is 1. The Kier molecular flexibility index (Phi) is 5.09. The van der Waals surface area contributed by atoms with Crippen LogP contribution in [0.4, 0.5) is 11.5 Å². The second kappa shape index (κ2) is 7.94. The fourth-order valence-electron chi connectivity index (χ4n) is 3.76.